The second kappa shape index (κ2) is 5.82. The van der Waals surface area contributed by atoms with Crippen LogP contribution in [0.15, 0.2) is 35.2 Å². The lowest BCUT2D eigenvalue weighted by molar-refractivity contribution is -0.119. The molecule has 1 aromatic rings. The molecule has 0 aliphatic carbocycles. The fourth-order valence-corrected chi connectivity index (χ4v) is 2.47. The van der Waals surface area contributed by atoms with E-state index in [1.165, 1.54) is 12.1 Å². The lowest BCUT2D eigenvalue weighted by Crippen LogP contribution is -2.36. The van der Waals surface area contributed by atoms with Crippen LogP contribution >= 0.6 is 0 Å². The molecule has 0 aromatic heterocycles. The van der Waals surface area contributed by atoms with E-state index in [0.717, 1.165) is 6.42 Å². The summed E-state index contributed by atoms with van der Waals surface area (Å²) in [6.07, 6.45) is 0.775. The minimum absolute atomic E-state index is 0.00604. The first-order valence-corrected chi connectivity index (χ1v) is 7.18. The standard InChI is InChI=1S/C12H17NO3S/c1-3-10(2)13-12(14)9-17(15,16)11-7-5-4-6-8-11/h4-8,10H,3,9H2,1-2H3,(H,13,14). The van der Waals surface area contributed by atoms with Crippen molar-refractivity contribution in [2.45, 2.75) is 31.2 Å². The van der Waals surface area contributed by atoms with Gasteiger partial charge in [0.15, 0.2) is 9.84 Å². The molecule has 0 spiro atoms. The number of carbonyl (C=O) groups is 1. The van der Waals surface area contributed by atoms with Crippen LogP contribution in [-0.4, -0.2) is 26.1 Å². The van der Waals surface area contributed by atoms with Crippen molar-refractivity contribution >= 4 is 15.7 Å². The van der Waals surface area contributed by atoms with Gasteiger partial charge < -0.3 is 5.32 Å². The zero-order valence-corrected chi connectivity index (χ0v) is 10.8. The normalized spacial score (nSPS) is 13.1. The van der Waals surface area contributed by atoms with E-state index in [1.807, 2.05) is 13.8 Å². The van der Waals surface area contributed by atoms with Gasteiger partial charge in [0.05, 0.1) is 4.90 Å². The predicted octanol–water partition coefficient (Wildman–Crippen LogP) is 1.37. The largest absolute Gasteiger partial charge is 0.353 e. The quantitative estimate of drug-likeness (QED) is 0.864. The number of rotatable bonds is 5. The van der Waals surface area contributed by atoms with Gasteiger partial charge in [0.1, 0.15) is 5.75 Å². The highest BCUT2D eigenvalue weighted by Crippen LogP contribution is 2.09. The maximum absolute atomic E-state index is 11.9. The average molecular weight is 255 g/mol. The van der Waals surface area contributed by atoms with Crippen LogP contribution in [0.4, 0.5) is 0 Å². The minimum Gasteiger partial charge on any atom is -0.353 e. The molecule has 1 aromatic carbocycles. The fraction of sp³-hybridized carbons (Fsp3) is 0.417. The van der Waals surface area contributed by atoms with Crippen LogP contribution in [0.5, 0.6) is 0 Å². The summed E-state index contributed by atoms with van der Waals surface area (Å²) in [5.74, 6) is -0.954. The predicted molar refractivity (Wildman–Crippen MR) is 66.4 cm³/mol. The van der Waals surface area contributed by atoms with E-state index in [-0.39, 0.29) is 10.9 Å². The summed E-state index contributed by atoms with van der Waals surface area (Å²) in [5, 5.41) is 2.64. The molecule has 0 saturated carbocycles. The molecule has 0 bridgehead atoms. The van der Waals surface area contributed by atoms with Crippen molar-refractivity contribution in [3.8, 4) is 0 Å². The lowest BCUT2D eigenvalue weighted by atomic mass is 10.3. The third kappa shape index (κ3) is 4.19. The van der Waals surface area contributed by atoms with Crippen molar-refractivity contribution in [1.29, 1.82) is 0 Å². The Bertz CT molecular complexity index is 468. The summed E-state index contributed by atoms with van der Waals surface area (Å²) in [4.78, 5) is 11.7. The fourth-order valence-electron chi connectivity index (χ4n) is 1.30. The molecular formula is C12H17NO3S. The zero-order chi connectivity index (χ0) is 12.9. The first-order chi connectivity index (χ1) is 7.95. The van der Waals surface area contributed by atoms with Crippen LogP contribution in [-0.2, 0) is 14.6 Å². The number of sulfone groups is 1. The van der Waals surface area contributed by atoms with Gasteiger partial charge in [-0.05, 0) is 25.5 Å². The molecule has 1 N–H and O–H groups in total. The molecule has 17 heavy (non-hydrogen) atoms. The van der Waals surface area contributed by atoms with Gasteiger partial charge in [-0.3, -0.25) is 4.79 Å². The van der Waals surface area contributed by atoms with E-state index < -0.39 is 21.5 Å². The Morgan fingerprint density at radius 3 is 2.41 bits per heavy atom. The highest BCUT2D eigenvalue weighted by atomic mass is 32.2. The van der Waals surface area contributed by atoms with Crippen LogP contribution in [0.1, 0.15) is 20.3 Å². The number of amides is 1. The minimum atomic E-state index is -3.53. The number of hydrogen-bond acceptors (Lipinski definition) is 3. The van der Waals surface area contributed by atoms with Crippen LogP contribution in [0.3, 0.4) is 0 Å². The highest BCUT2D eigenvalue weighted by Gasteiger charge is 2.19. The maximum Gasteiger partial charge on any atom is 0.235 e. The van der Waals surface area contributed by atoms with Crippen molar-refractivity contribution in [3.05, 3.63) is 30.3 Å². The molecule has 1 atom stereocenters. The molecular weight excluding hydrogens is 238 g/mol. The molecule has 5 heteroatoms. The molecule has 1 rings (SSSR count). The van der Waals surface area contributed by atoms with Crippen molar-refractivity contribution in [2.75, 3.05) is 5.75 Å². The van der Waals surface area contributed by atoms with E-state index in [9.17, 15) is 13.2 Å². The number of carbonyl (C=O) groups excluding carboxylic acids is 1. The molecule has 0 radical (unpaired) electrons. The summed E-state index contributed by atoms with van der Waals surface area (Å²) >= 11 is 0. The summed E-state index contributed by atoms with van der Waals surface area (Å²) in [6, 6.07) is 7.99. The van der Waals surface area contributed by atoms with Crippen molar-refractivity contribution < 1.29 is 13.2 Å². The summed E-state index contributed by atoms with van der Waals surface area (Å²) < 4.78 is 23.7. The van der Waals surface area contributed by atoms with E-state index in [2.05, 4.69) is 5.32 Å². The van der Waals surface area contributed by atoms with Crippen LogP contribution < -0.4 is 5.32 Å². The Morgan fingerprint density at radius 1 is 1.29 bits per heavy atom. The Balaban J connectivity index is 2.72. The van der Waals surface area contributed by atoms with E-state index >= 15 is 0 Å². The zero-order valence-electron chi connectivity index (χ0n) is 10.0. The van der Waals surface area contributed by atoms with E-state index in [0.29, 0.717) is 0 Å². The van der Waals surface area contributed by atoms with Crippen molar-refractivity contribution in [2.24, 2.45) is 0 Å². The first-order valence-electron chi connectivity index (χ1n) is 5.53. The van der Waals surface area contributed by atoms with Gasteiger partial charge >= 0.3 is 0 Å². The average Bonchev–Trinajstić information content (AvgIpc) is 2.29. The Labute approximate surface area is 102 Å². The SMILES string of the molecule is CCC(C)NC(=O)CS(=O)(=O)c1ccccc1. The van der Waals surface area contributed by atoms with Gasteiger partial charge in [-0.2, -0.15) is 0 Å². The van der Waals surface area contributed by atoms with Crippen LogP contribution in [0, 0.1) is 0 Å². The van der Waals surface area contributed by atoms with Gasteiger partial charge in [0, 0.05) is 6.04 Å². The van der Waals surface area contributed by atoms with Crippen molar-refractivity contribution in [3.63, 3.8) is 0 Å². The first kappa shape index (κ1) is 13.7. The maximum atomic E-state index is 11.9. The van der Waals surface area contributed by atoms with Gasteiger partial charge in [-0.15, -0.1) is 0 Å². The molecule has 94 valence electrons. The molecule has 0 heterocycles. The Morgan fingerprint density at radius 2 is 1.88 bits per heavy atom. The van der Waals surface area contributed by atoms with Gasteiger partial charge in [0.25, 0.3) is 0 Å². The van der Waals surface area contributed by atoms with Crippen molar-refractivity contribution in [1.82, 2.24) is 5.32 Å². The second-order valence-electron chi connectivity index (χ2n) is 3.95. The lowest BCUT2D eigenvalue weighted by Gasteiger charge is -2.11. The summed E-state index contributed by atoms with van der Waals surface area (Å²) in [7, 11) is -3.53. The molecule has 1 unspecified atom stereocenters. The Hall–Kier alpha value is -1.36. The smallest absolute Gasteiger partial charge is 0.235 e. The number of benzene rings is 1. The van der Waals surface area contributed by atoms with E-state index in [1.54, 1.807) is 18.2 Å². The molecule has 1 amide bonds. The topological polar surface area (TPSA) is 63.2 Å². The monoisotopic (exact) mass is 255 g/mol. The molecule has 4 nitrogen and oxygen atoms in total. The third-order valence-electron chi connectivity index (χ3n) is 2.44. The van der Waals surface area contributed by atoms with E-state index in [4.69, 9.17) is 0 Å². The molecule has 0 aliphatic heterocycles. The number of nitrogens with one attached hydrogen (secondary N) is 1. The van der Waals surface area contributed by atoms with Gasteiger partial charge in [0.2, 0.25) is 5.91 Å². The molecule has 0 aliphatic rings. The number of hydrogen-bond donors (Lipinski definition) is 1. The second-order valence-corrected chi connectivity index (χ2v) is 5.94. The summed E-state index contributed by atoms with van der Waals surface area (Å²) in [5.41, 5.74) is 0. The van der Waals surface area contributed by atoms with Crippen LogP contribution in [0.2, 0.25) is 0 Å². The molecule has 0 saturated heterocycles. The van der Waals surface area contributed by atoms with Gasteiger partial charge in [-0.1, -0.05) is 25.1 Å². The van der Waals surface area contributed by atoms with Crippen LogP contribution in [0.25, 0.3) is 0 Å². The summed E-state index contributed by atoms with van der Waals surface area (Å²) in [6.45, 7) is 3.77. The highest BCUT2D eigenvalue weighted by molar-refractivity contribution is 7.92. The molecule has 0 fully saturated rings. The Kier molecular flexibility index (Phi) is 4.69. The third-order valence-corrected chi connectivity index (χ3v) is 4.08. The van der Waals surface area contributed by atoms with Gasteiger partial charge in [-0.25, -0.2) is 8.42 Å².